The van der Waals surface area contributed by atoms with Crippen LogP contribution in [0, 0.1) is 0 Å². The van der Waals surface area contributed by atoms with Crippen LogP contribution in [-0.4, -0.2) is 13.2 Å². The molecule has 0 aliphatic carbocycles. The first-order chi connectivity index (χ1) is 10.7. The van der Waals surface area contributed by atoms with Crippen LogP contribution in [0.3, 0.4) is 0 Å². The third kappa shape index (κ3) is 3.42. The van der Waals surface area contributed by atoms with Crippen LogP contribution in [0.1, 0.15) is 43.5 Å². The number of ether oxygens (including phenoxy) is 2. The van der Waals surface area contributed by atoms with E-state index in [1.165, 1.54) is 11.1 Å². The summed E-state index contributed by atoms with van der Waals surface area (Å²) < 4.78 is 11.5. The minimum atomic E-state index is 0.243. The number of benzene rings is 2. The van der Waals surface area contributed by atoms with Gasteiger partial charge in [0.05, 0.1) is 13.2 Å². The smallest absolute Gasteiger partial charge is 0.161 e. The molecule has 0 fully saturated rings. The highest BCUT2D eigenvalue weighted by molar-refractivity contribution is 5.44. The predicted octanol–water partition coefficient (Wildman–Crippen LogP) is 4.26. The van der Waals surface area contributed by atoms with Gasteiger partial charge in [0.2, 0.25) is 0 Å². The molecule has 1 heterocycles. The largest absolute Gasteiger partial charge is 0.490 e. The summed E-state index contributed by atoms with van der Waals surface area (Å²) in [6.07, 6.45) is 0.933. The van der Waals surface area contributed by atoms with Crippen LogP contribution in [0.25, 0.3) is 0 Å². The summed E-state index contributed by atoms with van der Waals surface area (Å²) in [5.74, 6) is 1.71. The fraction of sp³-hybridized carbons (Fsp3) is 0.368. The van der Waals surface area contributed by atoms with E-state index in [0.29, 0.717) is 6.04 Å². The van der Waals surface area contributed by atoms with Crippen molar-refractivity contribution < 1.29 is 9.47 Å². The molecule has 3 nitrogen and oxygen atoms in total. The van der Waals surface area contributed by atoms with E-state index in [9.17, 15) is 0 Å². The lowest BCUT2D eigenvalue weighted by Crippen LogP contribution is -2.22. The third-order valence-corrected chi connectivity index (χ3v) is 4.07. The summed E-state index contributed by atoms with van der Waals surface area (Å²) in [5.41, 5.74) is 2.51. The highest BCUT2D eigenvalue weighted by atomic mass is 16.5. The van der Waals surface area contributed by atoms with Gasteiger partial charge >= 0.3 is 0 Å². The Morgan fingerprint density at radius 2 is 1.50 bits per heavy atom. The Labute approximate surface area is 132 Å². The molecule has 1 aliphatic rings. The molecule has 2 aromatic carbocycles. The first kappa shape index (κ1) is 14.9. The van der Waals surface area contributed by atoms with Crippen LogP contribution in [0.5, 0.6) is 11.5 Å². The minimum absolute atomic E-state index is 0.243. The second-order valence-corrected chi connectivity index (χ2v) is 5.78. The summed E-state index contributed by atoms with van der Waals surface area (Å²) in [4.78, 5) is 0. The van der Waals surface area contributed by atoms with E-state index in [1.807, 2.05) is 12.1 Å². The average Bonchev–Trinajstić information content (AvgIpc) is 2.80. The Hall–Kier alpha value is -2.00. The number of fused-ring (bicyclic) bond motifs is 1. The highest BCUT2D eigenvalue weighted by Gasteiger charge is 2.15. The van der Waals surface area contributed by atoms with E-state index in [-0.39, 0.29) is 6.04 Å². The predicted molar refractivity (Wildman–Crippen MR) is 88.5 cm³/mol. The van der Waals surface area contributed by atoms with Crippen molar-refractivity contribution in [1.29, 1.82) is 0 Å². The molecule has 0 saturated carbocycles. The lowest BCUT2D eigenvalue weighted by atomic mass is 10.0. The van der Waals surface area contributed by atoms with Gasteiger partial charge in [-0.3, -0.25) is 0 Å². The maximum absolute atomic E-state index is 5.78. The molecule has 0 bridgehead atoms. The van der Waals surface area contributed by atoms with Gasteiger partial charge in [-0.2, -0.15) is 0 Å². The Morgan fingerprint density at radius 3 is 2.27 bits per heavy atom. The number of hydrogen-bond donors (Lipinski definition) is 1. The van der Waals surface area contributed by atoms with E-state index in [1.54, 1.807) is 0 Å². The van der Waals surface area contributed by atoms with E-state index in [4.69, 9.17) is 9.47 Å². The molecule has 0 amide bonds. The van der Waals surface area contributed by atoms with Gasteiger partial charge < -0.3 is 14.8 Å². The maximum Gasteiger partial charge on any atom is 0.161 e. The van der Waals surface area contributed by atoms with Gasteiger partial charge in [-0.1, -0.05) is 36.4 Å². The van der Waals surface area contributed by atoms with Gasteiger partial charge in [0, 0.05) is 18.5 Å². The van der Waals surface area contributed by atoms with Crippen LogP contribution in [-0.2, 0) is 0 Å². The molecule has 1 aliphatic heterocycles. The molecule has 0 radical (unpaired) electrons. The van der Waals surface area contributed by atoms with E-state index in [2.05, 4.69) is 55.6 Å². The standard InChI is InChI=1S/C19H23NO2/c1-14(16-7-4-3-5-8-16)20-15(2)17-9-10-18-19(13-17)22-12-6-11-21-18/h3-5,7-10,13-15,20H,6,11-12H2,1-2H3. The zero-order valence-electron chi connectivity index (χ0n) is 13.2. The van der Waals surface area contributed by atoms with Crippen LogP contribution in [0.4, 0.5) is 0 Å². The minimum Gasteiger partial charge on any atom is -0.490 e. The second-order valence-electron chi connectivity index (χ2n) is 5.78. The van der Waals surface area contributed by atoms with Crippen molar-refractivity contribution in [3.8, 4) is 11.5 Å². The molecular weight excluding hydrogens is 274 g/mol. The van der Waals surface area contributed by atoms with Crippen molar-refractivity contribution in [2.45, 2.75) is 32.4 Å². The fourth-order valence-corrected chi connectivity index (χ4v) is 2.76. The molecule has 0 aromatic heterocycles. The van der Waals surface area contributed by atoms with Gasteiger partial charge in [0.15, 0.2) is 11.5 Å². The van der Waals surface area contributed by atoms with Gasteiger partial charge in [-0.25, -0.2) is 0 Å². The Morgan fingerprint density at radius 1 is 0.818 bits per heavy atom. The molecule has 1 N–H and O–H groups in total. The van der Waals surface area contributed by atoms with E-state index < -0.39 is 0 Å². The molecule has 2 unspecified atom stereocenters. The lowest BCUT2D eigenvalue weighted by molar-refractivity contribution is 0.297. The first-order valence-electron chi connectivity index (χ1n) is 7.94. The molecule has 3 heteroatoms. The second kappa shape index (κ2) is 6.84. The van der Waals surface area contributed by atoms with Crippen LogP contribution in [0.15, 0.2) is 48.5 Å². The molecule has 116 valence electrons. The SMILES string of the molecule is CC(NC(C)c1ccc2c(c1)OCCCO2)c1ccccc1. The molecule has 3 rings (SSSR count). The first-order valence-corrected chi connectivity index (χ1v) is 7.94. The average molecular weight is 297 g/mol. The summed E-state index contributed by atoms with van der Waals surface area (Å²) in [7, 11) is 0. The molecule has 2 atom stereocenters. The zero-order chi connectivity index (χ0) is 15.4. The Balaban J connectivity index is 1.72. The molecular formula is C19H23NO2. The summed E-state index contributed by atoms with van der Waals surface area (Å²) in [5, 5.41) is 3.64. The van der Waals surface area contributed by atoms with Crippen LogP contribution in [0.2, 0.25) is 0 Å². The van der Waals surface area contributed by atoms with Gasteiger partial charge in [-0.05, 0) is 37.1 Å². The molecule has 0 saturated heterocycles. The quantitative estimate of drug-likeness (QED) is 0.914. The van der Waals surface area contributed by atoms with E-state index >= 15 is 0 Å². The Bertz CT molecular complexity index is 612. The third-order valence-electron chi connectivity index (χ3n) is 4.07. The zero-order valence-corrected chi connectivity index (χ0v) is 13.2. The van der Waals surface area contributed by atoms with Crippen LogP contribution < -0.4 is 14.8 Å². The topological polar surface area (TPSA) is 30.5 Å². The van der Waals surface area contributed by atoms with Crippen molar-refractivity contribution in [1.82, 2.24) is 5.32 Å². The Kier molecular flexibility index (Phi) is 4.64. The normalized spacial score (nSPS) is 16.6. The summed E-state index contributed by atoms with van der Waals surface area (Å²) in [6.45, 7) is 5.82. The van der Waals surface area contributed by atoms with Crippen molar-refractivity contribution in [2.75, 3.05) is 13.2 Å². The molecule has 2 aromatic rings. The highest BCUT2D eigenvalue weighted by Crippen LogP contribution is 2.32. The van der Waals surface area contributed by atoms with E-state index in [0.717, 1.165) is 31.1 Å². The lowest BCUT2D eigenvalue weighted by Gasteiger charge is -2.21. The summed E-state index contributed by atoms with van der Waals surface area (Å²) in [6, 6.07) is 17.3. The number of rotatable bonds is 4. The van der Waals surface area contributed by atoms with Crippen molar-refractivity contribution in [3.05, 3.63) is 59.7 Å². The van der Waals surface area contributed by atoms with Gasteiger partial charge in [-0.15, -0.1) is 0 Å². The van der Waals surface area contributed by atoms with Crippen molar-refractivity contribution >= 4 is 0 Å². The van der Waals surface area contributed by atoms with Gasteiger partial charge in [0.1, 0.15) is 0 Å². The summed E-state index contributed by atoms with van der Waals surface area (Å²) >= 11 is 0. The maximum atomic E-state index is 5.78. The number of nitrogens with one attached hydrogen (secondary N) is 1. The monoisotopic (exact) mass is 297 g/mol. The van der Waals surface area contributed by atoms with Crippen LogP contribution >= 0.6 is 0 Å². The van der Waals surface area contributed by atoms with Crippen molar-refractivity contribution in [2.24, 2.45) is 0 Å². The van der Waals surface area contributed by atoms with Gasteiger partial charge in [0.25, 0.3) is 0 Å². The fourth-order valence-electron chi connectivity index (χ4n) is 2.76. The molecule has 22 heavy (non-hydrogen) atoms. The van der Waals surface area contributed by atoms with Crippen molar-refractivity contribution in [3.63, 3.8) is 0 Å². The number of hydrogen-bond acceptors (Lipinski definition) is 3. The molecule has 0 spiro atoms.